The van der Waals surface area contributed by atoms with Crippen LogP contribution in [-0.2, 0) is 4.79 Å². The molecule has 12 heavy (non-hydrogen) atoms. The fraction of sp³-hybridized carbons (Fsp3) is 0.857. The minimum Gasteiger partial charge on any atom is -0.480 e. The van der Waals surface area contributed by atoms with E-state index in [2.05, 4.69) is 0 Å². The van der Waals surface area contributed by atoms with Crippen LogP contribution in [0.3, 0.4) is 0 Å². The van der Waals surface area contributed by atoms with Crippen LogP contribution in [0.5, 0.6) is 0 Å². The number of nitrogens with two attached hydrogens (primary N) is 1. The first-order valence-corrected chi connectivity index (χ1v) is 4.96. The van der Waals surface area contributed by atoms with Crippen LogP contribution in [0.25, 0.3) is 0 Å². The van der Waals surface area contributed by atoms with Crippen LogP contribution >= 0.6 is 11.8 Å². The van der Waals surface area contributed by atoms with E-state index < -0.39 is 12.0 Å². The second kappa shape index (κ2) is 7.36. The average Bonchev–Trinajstić information content (AvgIpc) is 2.03. The molecule has 0 radical (unpaired) electrons. The van der Waals surface area contributed by atoms with Crippen molar-refractivity contribution in [3.8, 4) is 0 Å². The van der Waals surface area contributed by atoms with Crippen LogP contribution in [0.1, 0.15) is 12.8 Å². The number of hydrogen-bond donors (Lipinski definition) is 2. The van der Waals surface area contributed by atoms with Gasteiger partial charge < -0.3 is 10.8 Å². The maximum absolute atomic E-state index is 11.6. The highest BCUT2D eigenvalue weighted by Gasteiger charge is 2.09. The fourth-order valence-corrected chi connectivity index (χ4v) is 1.53. The van der Waals surface area contributed by atoms with Crippen molar-refractivity contribution in [1.29, 1.82) is 0 Å². The van der Waals surface area contributed by atoms with Gasteiger partial charge in [0.2, 0.25) is 0 Å². The first-order chi connectivity index (χ1) is 5.68. The predicted molar refractivity (Wildman–Crippen MR) is 48.1 cm³/mol. The number of carboxylic acids is 1. The third-order valence-corrected chi connectivity index (χ3v) is 2.41. The fourth-order valence-electron chi connectivity index (χ4n) is 0.592. The molecule has 0 amide bonds. The molecule has 0 aliphatic heterocycles. The zero-order valence-electron chi connectivity index (χ0n) is 6.83. The first kappa shape index (κ1) is 11.7. The summed E-state index contributed by atoms with van der Waals surface area (Å²) >= 11 is 1.54. The van der Waals surface area contributed by atoms with Crippen LogP contribution in [0.2, 0.25) is 0 Å². The zero-order chi connectivity index (χ0) is 9.40. The quantitative estimate of drug-likeness (QED) is 0.591. The molecule has 3 nitrogen and oxygen atoms in total. The number of alkyl halides is 1. The van der Waals surface area contributed by atoms with Gasteiger partial charge in [-0.3, -0.25) is 9.18 Å². The number of aliphatic carboxylic acids is 1. The summed E-state index contributed by atoms with van der Waals surface area (Å²) in [5.41, 5.74) is 5.24. The third-order valence-electron chi connectivity index (χ3n) is 1.31. The molecular weight excluding hydrogens is 180 g/mol. The lowest BCUT2D eigenvalue weighted by atomic mass is 10.2. The molecule has 0 aromatic heterocycles. The Morgan fingerprint density at radius 3 is 2.75 bits per heavy atom. The normalized spacial score (nSPS) is 12.8. The first-order valence-electron chi connectivity index (χ1n) is 3.80. The van der Waals surface area contributed by atoms with Crippen LogP contribution < -0.4 is 5.73 Å². The molecule has 0 aliphatic rings. The summed E-state index contributed by atoms with van der Waals surface area (Å²) in [6.07, 6.45) is 0.985. The summed E-state index contributed by atoms with van der Waals surface area (Å²) in [4.78, 5) is 10.2. The van der Waals surface area contributed by atoms with Crippen LogP contribution in [0, 0.1) is 0 Å². The van der Waals surface area contributed by atoms with Crippen LogP contribution in [0.15, 0.2) is 0 Å². The van der Waals surface area contributed by atoms with E-state index in [1.165, 1.54) is 0 Å². The highest BCUT2D eigenvalue weighted by Crippen LogP contribution is 2.05. The molecule has 0 aliphatic carbocycles. The summed E-state index contributed by atoms with van der Waals surface area (Å²) in [7, 11) is 0. The van der Waals surface area contributed by atoms with Gasteiger partial charge in [-0.15, -0.1) is 0 Å². The minimum absolute atomic E-state index is 0.308. The van der Waals surface area contributed by atoms with Crippen molar-refractivity contribution in [1.82, 2.24) is 0 Å². The lowest BCUT2D eigenvalue weighted by Gasteiger charge is -2.04. The van der Waals surface area contributed by atoms with E-state index in [0.717, 1.165) is 5.75 Å². The van der Waals surface area contributed by atoms with Gasteiger partial charge in [0, 0.05) is 0 Å². The monoisotopic (exact) mass is 194 g/mol. The van der Waals surface area contributed by atoms with Crippen molar-refractivity contribution < 1.29 is 14.3 Å². The van der Waals surface area contributed by atoms with E-state index in [1.807, 2.05) is 0 Å². The van der Waals surface area contributed by atoms with Crippen molar-refractivity contribution in [2.45, 2.75) is 18.9 Å². The predicted octanol–water partition coefficient (Wildman–Crippen LogP) is 0.881. The summed E-state index contributed by atoms with van der Waals surface area (Å²) in [6, 6.07) is -0.775. The minimum atomic E-state index is -0.971. The highest BCUT2D eigenvalue weighted by molar-refractivity contribution is 7.99. The molecule has 0 saturated heterocycles. The molecule has 1 atom stereocenters. The maximum Gasteiger partial charge on any atom is 0.320 e. The Hall–Kier alpha value is -0.290. The lowest BCUT2D eigenvalue weighted by molar-refractivity contribution is -0.138. The number of carbonyl (C=O) groups is 1. The Balaban J connectivity index is 3.14. The lowest BCUT2D eigenvalue weighted by Crippen LogP contribution is -2.30. The number of hydrogen-bond acceptors (Lipinski definition) is 3. The standard InChI is InChI=1S/C7H14FNO2S/c8-3-1-4-12-5-2-6(9)7(10)11/h6H,1-5,9H2,(H,10,11)/t6-/m0/s1/i8-1. The Bertz CT molecular complexity index is 135. The number of carboxylic acid groups (broad SMARTS) is 1. The summed E-state index contributed by atoms with van der Waals surface area (Å²) < 4.78 is 11.6. The molecule has 0 unspecified atom stereocenters. The topological polar surface area (TPSA) is 63.3 Å². The summed E-state index contributed by atoms with van der Waals surface area (Å²) in [5.74, 6) is 0.456. The second-order valence-electron chi connectivity index (χ2n) is 2.39. The number of rotatable bonds is 7. The molecule has 0 heterocycles. The van der Waals surface area contributed by atoms with Crippen LogP contribution in [0.4, 0.5) is 4.39 Å². The average molecular weight is 194 g/mol. The van der Waals surface area contributed by atoms with E-state index in [1.54, 1.807) is 11.8 Å². The van der Waals surface area contributed by atoms with Crippen molar-refractivity contribution in [3.63, 3.8) is 0 Å². The van der Waals surface area contributed by atoms with Gasteiger partial charge in [0.25, 0.3) is 0 Å². The van der Waals surface area contributed by atoms with E-state index in [4.69, 9.17) is 10.8 Å². The van der Waals surface area contributed by atoms with E-state index >= 15 is 0 Å². The molecule has 0 aromatic carbocycles. The zero-order valence-corrected chi connectivity index (χ0v) is 7.65. The smallest absolute Gasteiger partial charge is 0.320 e. The summed E-state index contributed by atoms with van der Waals surface area (Å²) in [6.45, 7) is -0.308. The molecule has 0 aromatic rings. The van der Waals surface area contributed by atoms with E-state index in [0.29, 0.717) is 18.6 Å². The SMILES string of the molecule is N[C@@H](CCSCCC[18F])C(=O)O. The van der Waals surface area contributed by atoms with E-state index in [9.17, 15) is 9.18 Å². The number of halogens is 1. The molecule has 72 valence electrons. The maximum atomic E-state index is 11.6. The molecule has 0 saturated carbocycles. The van der Waals surface area contributed by atoms with Gasteiger partial charge >= 0.3 is 5.97 Å². The third kappa shape index (κ3) is 6.42. The van der Waals surface area contributed by atoms with E-state index in [-0.39, 0.29) is 6.67 Å². The molecule has 0 spiro atoms. The largest absolute Gasteiger partial charge is 0.480 e. The molecule has 0 bridgehead atoms. The molecule has 0 fully saturated rings. The van der Waals surface area contributed by atoms with Gasteiger partial charge in [0.1, 0.15) is 6.04 Å². The van der Waals surface area contributed by atoms with Crippen molar-refractivity contribution in [2.24, 2.45) is 5.73 Å². The number of thioether (sulfide) groups is 1. The molecule has 0 rings (SSSR count). The molecule has 3 N–H and O–H groups in total. The Morgan fingerprint density at radius 2 is 2.25 bits per heavy atom. The summed E-state index contributed by atoms with van der Waals surface area (Å²) in [5, 5.41) is 8.39. The van der Waals surface area contributed by atoms with Gasteiger partial charge in [-0.1, -0.05) is 0 Å². The Labute approximate surface area is 75.5 Å². The van der Waals surface area contributed by atoms with Gasteiger partial charge in [-0.25, -0.2) is 0 Å². The van der Waals surface area contributed by atoms with Crippen molar-refractivity contribution in [2.75, 3.05) is 18.2 Å². The van der Waals surface area contributed by atoms with Gasteiger partial charge in [-0.2, -0.15) is 11.8 Å². The van der Waals surface area contributed by atoms with Gasteiger partial charge in [0.15, 0.2) is 0 Å². The van der Waals surface area contributed by atoms with Crippen molar-refractivity contribution >= 4 is 17.7 Å². The van der Waals surface area contributed by atoms with Gasteiger partial charge in [-0.05, 0) is 24.3 Å². The van der Waals surface area contributed by atoms with Crippen LogP contribution in [-0.4, -0.2) is 35.3 Å². The second-order valence-corrected chi connectivity index (χ2v) is 3.61. The van der Waals surface area contributed by atoms with Crippen molar-refractivity contribution in [3.05, 3.63) is 0 Å². The highest BCUT2D eigenvalue weighted by atomic mass is 32.2. The molecular formula is C7H14FNO2S. The molecule has 5 heteroatoms. The Kier molecular flexibility index (Phi) is 7.19. The Morgan fingerprint density at radius 1 is 1.58 bits per heavy atom. The van der Waals surface area contributed by atoms with Gasteiger partial charge in [0.05, 0.1) is 6.67 Å².